The third-order valence-corrected chi connectivity index (χ3v) is 3.48. The number of hydrogen-bond donors (Lipinski definition) is 1. The molecule has 0 bridgehead atoms. The van der Waals surface area contributed by atoms with E-state index in [-0.39, 0.29) is 0 Å². The number of nitrogens with one attached hydrogen (secondary N) is 1. The average Bonchev–Trinajstić information content (AvgIpc) is 2.47. The van der Waals surface area contributed by atoms with Crippen molar-refractivity contribution in [3.8, 4) is 0 Å². The van der Waals surface area contributed by atoms with Crippen LogP contribution in [0.4, 0.5) is 11.6 Å². The minimum atomic E-state index is 0.396. The zero-order valence-corrected chi connectivity index (χ0v) is 14.0. The summed E-state index contributed by atoms with van der Waals surface area (Å²) in [4.78, 5) is 11.0. The van der Waals surface area contributed by atoms with Gasteiger partial charge in [0.15, 0.2) is 5.82 Å². The van der Waals surface area contributed by atoms with E-state index in [0.717, 1.165) is 22.7 Å². The molecule has 0 unspecified atom stereocenters. The van der Waals surface area contributed by atoms with Gasteiger partial charge in [0.2, 0.25) is 0 Å². The van der Waals surface area contributed by atoms with Crippen molar-refractivity contribution in [2.45, 2.75) is 13.2 Å². The second-order valence-electron chi connectivity index (χ2n) is 4.70. The monoisotopic (exact) mass is 350 g/mol. The molecule has 1 heterocycles. The first kappa shape index (κ1) is 15.7. The first-order chi connectivity index (χ1) is 10.1. The van der Waals surface area contributed by atoms with Gasteiger partial charge < -0.3 is 15.0 Å². The molecule has 0 saturated heterocycles. The molecule has 0 radical (unpaired) electrons. The largest absolute Gasteiger partial charge is 0.377 e. The van der Waals surface area contributed by atoms with Gasteiger partial charge in [-0.25, -0.2) is 9.97 Å². The molecule has 1 aromatic carbocycles. The Morgan fingerprint density at radius 1 is 1.29 bits per heavy atom. The molecule has 0 spiro atoms. The van der Waals surface area contributed by atoms with Crippen molar-refractivity contribution in [1.29, 1.82) is 0 Å². The van der Waals surface area contributed by atoms with E-state index < -0.39 is 0 Å². The number of rotatable bonds is 6. The van der Waals surface area contributed by atoms with E-state index in [4.69, 9.17) is 4.74 Å². The number of methoxy groups -OCH3 is 1. The first-order valence-corrected chi connectivity index (χ1v) is 7.42. The number of anilines is 2. The van der Waals surface area contributed by atoms with E-state index in [2.05, 4.69) is 48.2 Å². The van der Waals surface area contributed by atoms with Crippen LogP contribution in [0.2, 0.25) is 0 Å². The third kappa shape index (κ3) is 4.41. The lowest BCUT2D eigenvalue weighted by Crippen LogP contribution is -2.19. The topological polar surface area (TPSA) is 50.3 Å². The van der Waals surface area contributed by atoms with Gasteiger partial charge in [-0.15, -0.1) is 0 Å². The molecule has 0 saturated carbocycles. The number of hydrogen-bond acceptors (Lipinski definition) is 5. The van der Waals surface area contributed by atoms with Gasteiger partial charge in [-0.2, -0.15) is 0 Å². The highest BCUT2D eigenvalue weighted by Crippen LogP contribution is 2.19. The zero-order valence-electron chi connectivity index (χ0n) is 12.4. The first-order valence-electron chi connectivity index (χ1n) is 6.62. The summed E-state index contributed by atoms with van der Waals surface area (Å²) in [5, 5.41) is 3.05. The van der Waals surface area contributed by atoms with Crippen LogP contribution in [0.25, 0.3) is 0 Å². The Kier molecular flexibility index (Phi) is 5.52. The molecule has 0 atom stereocenters. The molecule has 21 heavy (non-hydrogen) atoms. The minimum absolute atomic E-state index is 0.396. The maximum Gasteiger partial charge on any atom is 0.158 e. The van der Waals surface area contributed by atoms with Crippen LogP contribution in [-0.2, 0) is 17.9 Å². The molecule has 0 amide bonds. The summed E-state index contributed by atoms with van der Waals surface area (Å²) in [5.41, 5.74) is 1.21. The molecule has 0 aliphatic carbocycles. The maximum absolute atomic E-state index is 5.12. The van der Waals surface area contributed by atoms with Gasteiger partial charge in [-0.05, 0) is 17.7 Å². The third-order valence-electron chi connectivity index (χ3n) is 2.99. The summed E-state index contributed by atoms with van der Waals surface area (Å²) in [6.45, 7) is 1.17. The number of benzene rings is 1. The van der Waals surface area contributed by atoms with E-state index in [1.807, 2.05) is 32.3 Å². The summed E-state index contributed by atoms with van der Waals surface area (Å²) in [6.07, 6.45) is 0. The molecule has 0 fully saturated rings. The average molecular weight is 351 g/mol. The van der Waals surface area contributed by atoms with Crippen LogP contribution in [0.15, 0.2) is 34.8 Å². The summed E-state index contributed by atoms with van der Waals surface area (Å²) in [7, 11) is 5.50. The van der Waals surface area contributed by atoms with E-state index in [0.29, 0.717) is 12.4 Å². The van der Waals surface area contributed by atoms with Gasteiger partial charge in [-0.1, -0.05) is 28.1 Å². The Hall–Kier alpha value is -1.66. The highest BCUT2D eigenvalue weighted by molar-refractivity contribution is 9.10. The number of ether oxygens (including phenoxy) is 1. The smallest absolute Gasteiger partial charge is 0.158 e. The lowest BCUT2D eigenvalue weighted by molar-refractivity contribution is 0.178. The summed E-state index contributed by atoms with van der Waals surface area (Å²) < 4.78 is 6.19. The molecule has 0 aliphatic rings. The SMILES string of the molecule is CNc1cc(N(C)Cc2cccc(Br)c2)nc(COC)n1. The maximum atomic E-state index is 5.12. The Balaban J connectivity index is 2.21. The lowest BCUT2D eigenvalue weighted by atomic mass is 10.2. The van der Waals surface area contributed by atoms with Gasteiger partial charge in [0, 0.05) is 38.3 Å². The second kappa shape index (κ2) is 7.38. The molecule has 1 aromatic heterocycles. The van der Waals surface area contributed by atoms with E-state index >= 15 is 0 Å². The van der Waals surface area contributed by atoms with Crippen LogP contribution in [0.3, 0.4) is 0 Å². The van der Waals surface area contributed by atoms with E-state index in [9.17, 15) is 0 Å². The fourth-order valence-corrected chi connectivity index (χ4v) is 2.44. The normalized spacial score (nSPS) is 10.5. The molecular formula is C15H19BrN4O. The summed E-state index contributed by atoms with van der Waals surface area (Å²) in [5.74, 6) is 2.31. The van der Waals surface area contributed by atoms with Crippen molar-refractivity contribution in [3.05, 3.63) is 46.2 Å². The van der Waals surface area contributed by atoms with Gasteiger partial charge in [0.1, 0.15) is 18.2 Å². The number of halogens is 1. The van der Waals surface area contributed by atoms with Crippen LogP contribution in [0, 0.1) is 0 Å². The predicted molar refractivity (Wildman–Crippen MR) is 88.5 cm³/mol. The fraction of sp³-hybridized carbons (Fsp3) is 0.333. The Morgan fingerprint density at radius 3 is 2.76 bits per heavy atom. The molecule has 2 aromatic rings. The van der Waals surface area contributed by atoms with Gasteiger partial charge >= 0.3 is 0 Å². The van der Waals surface area contributed by atoms with Gasteiger partial charge in [-0.3, -0.25) is 0 Å². The van der Waals surface area contributed by atoms with Gasteiger partial charge in [0.05, 0.1) is 0 Å². The Labute approximate surface area is 133 Å². The predicted octanol–water partition coefficient (Wildman–Crippen LogP) is 3.06. The Morgan fingerprint density at radius 2 is 2.10 bits per heavy atom. The number of aromatic nitrogens is 2. The summed E-state index contributed by atoms with van der Waals surface area (Å²) in [6, 6.07) is 10.2. The van der Waals surface area contributed by atoms with Crippen LogP contribution < -0.4 is 10.2 Å². The Bertz CT molecular complexity index is 606. The van der Waals surface area contributed by atoms with Crippen molar-refractivity contribution in [1.82, 2.24) is 9.97 Å². The molecular weight excluding hydrogens is 332 g/mol. The van der Waals surface area contributed by atoms with E-state index in [1.54, 1.807) is 7.11 Å². The molecule has 5 nitrogen and oxygen atoms in total. The number of nitrogens with zero attached hydrogens (tertiary/aromatic N) is 3. The van der Waals surface area contributed by atoms with Crippen molar-refractivity contribution in [2.24, 2.45) is 0 Å². The lowest BCUT2D eigenvalue weighted by Gasteiger charge is -2.19. The second-order valence-corrected chi connectivity index (χ2v) is 5.61. The standard InChI is InChI=1S/C15H19BrN4O/c1-17-13-8-15(19-14(18-13)10-21-3)20(2)9-11-5-4-6-12(16)7-11/h4-8H,9-10H2,1-3H3,(H,17,18,19). The van der Waals surface area contributed by atoms with E-state index in [1.165, 1.54) is 5.56 Å². The molecule has 6 heteroatoms. The van der Waals surface area contributed by atoms with Crippen LogP contribution in [0.1, 0.15) is 11.4 Å². The molecule has 112 valence electrons. The highest BCUT2D eigenvalue weighted by Gasteiger charge is 2.09. The zero-order chi connectivity index (χ0) is 15.2. The van der Waals surface area contributed by atoms with Crippen molar-refractivity contribution < 1.29 is 4.74 Å². The van der Waals surface area contributed by atoms with Crippen LogP contribution >= 0.6 is 15.9 Å². The molecule has 0 aliphatic heterocycles. The van der Waals surface area contributed by atoms with Crippen LogP contribution in [0.5, 0.6) is 0 Å². The highest BCUT2D eigenvalue weighted by atomic mass is 79.9. The van der Waals surface area contributed by atoms with Crippen molar-refractivity contribution >= 4 is 27.6 Å². The fourth-order valence-electron chi connectivity index (χ4n) is 1.99. The molecule has 1 N–H and O–H groups in total. The summed E-state index contributed by atoms with van der Waals surface area (Å²) >= 11 is 3.49. The minimum Gasteiger partial charge on any atom is -0.377 e. The van der Waals surface area contributed by atoms with Gasteiger partial charge in [0.25, 0.3) is 0 Å². The molecule has 2 rings (SSSR count). The quantitative estimate of drug-likeness (QED) is 0.867. The van der Waals surface area contributed by atoms with Crippen molar-refractivity contribution in [2.75, 3.05) is 31.4 Å². The van der Waals surface area contributed by atoms with Crippen LogP contribution in [-0.4, -0.2) is 31.2 Å². The van der Waals surface area contributed by atoms with Crippen molar-refractivity contribution in [3.63, 3.8) is 0 Å².